The van der Waals surface area contributed by atoms with Gasteiger partial charge < -0.3 is 9.63 Å². The Kier molecular flexibility index (Phi) is 5.38. The Morgan fingerprint density at radius 2 is 1.33 bits per heavy atom. The summed E-state index contributed by atoms with van der Waals surface area (Å²) >= 11 is 0. The molecule has 0 fully saturated rings. The molecule has 0 atom stereocenters. The molecule has 6 heteroatoms. The van der Waals surface area contributed by atoms with Gasteiger partial charge in [0.25, 0.3) is 0 Å². The molecule has 0 radical (unpaired) electrons. The molecule has 0 unspecified atom stereocenters. The van der Waals surface area contributed by atoms with Gasteiger partial charge in [-0.05, 0) is 62.1 Å². The first-order chi connectivity index (χ1) is 11.2. The maximum Gasteiger partial charge on any atom is 0.529 e. The van der Waals surface area contributed by atoms with Crippen molar-refractivity contribution in [3.63, 3.8) is 0 Å². The molecular weight excluding hydrogens is 327 g/mol. The number of hydrogen-bond acceptors (Lipinski definition) is 5. The molecule has 0 spiro atoms. The molecule has 2 aromatic rings. The molecule has 0 amide bonds. The van der Waals surface area contributed by atoms with E-state index in [-0.39, 0.29) is 5.75 Å². The Morgan fingerprint density at radius 3 is 1.88 bits per heavy atom. The standard InChI is InChI=1S/C18H23O5P/c1-11-7-9-15(19)17(13(11)3)18-14(4)12(2)8-10-16(18)23-24(20,21-5)22-6/h7-10,19H,1-6H3. The van der Waals surface area contributed by atoms with Crippen molar-refractivity contribution < 1.29 is 23.2 Å². The summed E-state index contributed by atoms with van der Waals surface area (Å²) in [6, 6.07) is 7.08. The van der Waals surface area contributed by atoms with Crippen molar-refractivity contribution in [3.8, 4) is 22.6 Å². The second-order valence-corrected chi connectivity index (χ2v) is 7.49. The average Bonchev–Trinajstić information content (AvgIpc) is 2.57. The fraction of sp³-hybridized carbons (Fsp3) is 0.333. The molecule has 0 saturated heterocycles. The maximum absolute atomic E-state index is 12.4. The van der Waals surface area contributed by atoms with E-state index in [1.165, 1.54) is 14.2 Å². The van der Waals surface area contributed by atoms with Crippen molar-refractivity contribution in [2.45, 2.75) is 27.7 Å². The van der Waals surface area contributed by atoms with Crippen LogP contribution in [0.15, 0.2) is 24.3 Å². The third-order valence-electron chi connectivity index (χ3n) is 4.32. The van der Waals surface area contributed by atoms with E-state index in [4.69, 9.17) is 13.6 Å². The number of phosphoric acid groups is 1. The topological polar surface area (TPSA) is 65.0 Å². The average molecular weight is 350 g/mol. The summed E-state index contributed by atoms with van der Waals surface area (Å²) in [6.45, 7) is 7.81. The van der Waals surface area contributed by atoms with Crippen LogP contribution in [0.25, 0.3) is 11.1 Å². The van der Waals surface area contributed by atoms with Gasteiger partial charge in [-0.2, -0.15) is 0 Å². The normalized spacial score (nSPS) is 11.6. The Morgan fingerprint density at radius 1 is 0.833 bits per heavy atom. The third kappa shape index (κ3) is 3.34. The fourth-order valence-electron chi connectivity index (χ4n) is 2.56. The van der Waals surface area contributed by atoms with Gasteiger partial charge in [-0.1, -0.05) is 12.1 Å². The van der Waals surface area contributed by atoms with Gasteiger partial charge in [-0.25, -0.2) is 4.57 Å². The molecule has 2 rings (SSSR count). The van der Waals surface area contributed by atoms with Crippen LogP contribution < -0.4 is 4.52 Å². The van der Waals surface area contributed by atoms with Gasteiger partial charge in [-0.3, -0.25) is 9.05 Å². The number of phosphoric ester groups is 1. The first-order valence-corrected chi connectivity index (χ1v) is 9.01. The second-order valence-electron chi connectivity index (χ2n) is 5.69. The zero-order valence-corrected chi connectivity index (χ0v) is 15.7. The lowest BCUT2D eigenvalue weighted by Gasteiger charge is -2.21. The van der Waals surface area contributed by atoms with Crippen molar-refractivity contribution in [1.82, 2.24) is 0 Å². The second kappa shape index (κ2) is 6.98. The number of rotatable bonds is 5. The first kappa shape index (κ1) is 18.5. The first-order valence-electron chi connectivity index (χ1n) is 7.55. The number of hydrogen-bond donors (Lipinski definition) is 1. The Labute approximate surface area is 142 Å². The van der Waals surface area contributed by atoms with Gasteiger partial charge >= 0.3 is 7.82 Å². The van der Waals surface area contributed by atoms with E-state index in [0.717, 1.165) is 22.3 Å². The van der Waals surface area contributed by atoms with Crippen LogP contribution in [0.1, 0.15) is 22.3 Å². The van der Waals surface area contributed by atoms with Crippen LogP contribution in [0.3, 0.4) is 0 Å². The van der Waals surface area contributed by atoms with Gasteiger partial charge in [0.15, 0.2) is 0 Å². The number of phenolic OH excluding ortho intramolecular Hbond substituents is 1. The summed E-state index contributed by atoms with van der Waals surface area (Å²) in [6.07, 6.45) is 0. The lowest BCUT2D eigenvalue weighted by Crippen LogP contribution is -2.01. The molecule has 5 nitrogen and oxygen atoms in total. The number of aromatic hydroxyl groups is 1. The van der Waals surface area contributed by atoms with Crippen molar-refractivity contribution in [1.29, 1.82) is 0 Å². The summed E-state index contributed by atoms with van der Waals surface area (Å²) in [7, 11) is -1.18. The SMILES string of the molecule is COP(=O)(OC)Oc1ccc(C)c(C)c1-c1c(O)ccc(C)c1C. The summed E-state index contributed by atoms with van der Waals surface area (Å²) in [5.41, 5.74) is 5.26. The minimum absolute atomic E-state index is 0.140. The molecule has 0 aliphatic rings. The van der Waals surface area contributed by atoms with Gasteiger partial charge in [-0.15, -0.1) is 0 Å². The molecule has 0 aliphatic carbocycles. The minimum Gasteiger partial charge on any atom is -0.507 e. The Bertz CT molecular complexity index is 806. The van der Waals surface area contributed by atoms with Gasteiger partial charge in [0.1, 0.15) is 11.5 Å². The van der Waals surface area contributed by atoms with Crippen molar-refractivity contribution in [2.24, 2.45) is 0 Å². The molecule has 130 valence electrons. The molecule has 0 aliphatic heterocycles. The third-order valence-corrected chi connectivity index (χ3v) is 5.63. The van der Waals surface area contributed by atoms with Crippen LogP contribution in [0, 0.1) is 27.7 Å². The van der Waals surface area contributed by atoms with E-state index in [9.17, 15) is 9.67 Å². The van der Waals surface area contributed by atoms with Crippen molar-refractivity contribution in [2.75, 3.05) is 14.2 Å². The molecule has 0 bridgehead atoms. The zero-order valence-electron chi connectivity index (χ0n) is 14.8. The largest absolute Gasteiger partial charge is 0.529 e. The molecule has 0 heterocycles. The van der Waals surface area contributed by atoms with E-state index in [0.29, 0.717) is 16.9 Å². The van der Waals surface area contributed by atoms with Crippen molar-refractivity contribution in [3.05, 3.63) is 46.5 Å². The van der Waals surface area contributed by atoms with Crippen LogP contribution in [0.5, 0.6) is 11.5 Å². The van der Waals surface area contributed by atoms with E-state index in [1.807, 2.05) is 39.8 Å². The lowest BCUT2D eigenvalue weighted by molar-refractivity contribution is 0.211. The molecular formula is C18H23O5P. The van der Waals surface area contributed by atoms with Crippen LogP contribution in [0.4, 0.5) is 0 Å². The lowest BCUT2D eigenvalue weighted by atomic mass is 9.90. The monoisotopic (exact) mass is 350 g/mol. The summed E-state index contributed by atoms with van der Waals surface area (Å²) in [4.78, 5) is 0. The van der Waals surface area contributed by atoms with E-state index in [2.05, 4.69) is 0 Å². The number of aryl methyl sites for hydroxylation is 2. The van der Waals surface area contributed by atoms with E-state index >= 15 is 0 Å². The van der Waals surface area contributed by atoms with Crippen LogP contribution in [0.2, 0.25) is 0 Å². The van der Waals surface area contributed by atoms with E-state index < -0.39 is 7.82 Å². The van der Waals surface area contributed by atoms with E-state index in [1.54, 1.807) is 12.1 Å². The zero-order chi connectivity index (χ0) is 18.1. The highest BCUT2D eigenvalue weighted by Gasteiger charge is 2.28. The molecule has 2 aromatic carbocycles. The minimum atomic E-state index is -3.71. The summed E-state index contributed by atoms with van der Waals surface area (Å²) in [5, 5.41) is 10.4. The number of phenols is 1. The predicted molar refractivity (Wildman–Crippen MR) is 94.7 cm³/mol. The Balaban J connectivity index is 2.77. The van der Waals surface area contributed by atoms with Crippen LogP contribution in [-0.4, -0.2) is 19.3 Å². The molecule has 0 saturated carbocycles. The highest BCUT2D eigenvalue weighted by molar-refractivity contribution is 7.48. The van der Waals surface area contributed by atoms with Gasteiger partial charge in [0, 0.05) is 25.3 Å². The number of benzene rings is 2. The predicted octanol–water partition coefficient (Wildman–Crippen LogP) is 5.07. The van der Waals surface area contributed by atoms with Gasteiger partial charge in [0.05, 0.1) is 0 Å². The fourth-order valence-corrected chi connectivity index (χ4v) is 3.26. The summed E-state index contributed by atoms with van der Waals surface area (Å²) < 4.78 is 27.7. The quantitative estimate of drug-likeness (QED) is 0.763. The van der Waals surface area contributed by atoms with Crippen LogP contribution in [-0.2, 0) is 13.6 Å². The Hall–Kier alpha value is -1.81. The van der Waals surface area contributed by atoms with Crippen LogP contribution >= 0.6 is 7.82 Å². The van der Waals surface area contributed by atoms with Gasteiger partial charge in [0.2, 0.25) is 0 Å². The molecule has 24 heavy (non-hydrogen) atoms. The van der Waals surface area contributed by atoms with Crippen molar-refractivity contribution >= 4 is 7.82 Å². The smallest absolute Gasteiger partial charge is 0.507 e. The molecule has 0 aromatic heterocycles. The summed E-state index contributed by atoms with van der Waals surface area (Å²) in [5.74, 6) is 0.482. The molecule has 1 N–H and O–H groups in total. The maximum atomic E-state index is 12.4. The highest BCUT2D eigenvalue weighted by Crippen LogP contribution is 2.52. The highest BCUT2D eigenvalue weighted by atomic mass is 31.2.